The van der Waals surface area contributed by atoms with Gasteiger partial charge in [0.1, 0.15) is 0 Å². The van der Waals surface area contributed by atoms with Crippen LogP contribution in [0.5, 0.6) is 0 Å². The van der Waals surface area contributed by atoms with Crippen molar-refractivity contribution < 1.29 is 4.79 Å². The fourth-order valence-corrected chi connectivity index (χ4v) is 1.95. The van der Waals surface area contributed by atoms with Gasteiger partial charge in [-0.3, -0.25) is 4.79 Å². The van der Waals surface area contributed by atoms with Crippen LogP contribution in [0.4, 0.5) is 5.69 Å². The molecule has 3 nitrogen and oxygen atoms in total. The van der Waals surface area contributed by atoms with Gasteiger partial charge in [0.05, 0.1) is 0 Å². The second-order valence-corrected chi connectivity index (χ2v) is 4.00. The van der Waals surface area contributed by atoms with E-state index in [2.05, 4.69) is 5.92 Å². The molecule has 2 rings (SSSR count). The minimum absolute atomic E-state index is 0.129. The fraction of sp³-hybridized carbons (Fsp3) is 0.308. The Bertz CT molecular complexity index is 447. The highest BCUT2D eigenvalue weighted by Gasteiger charge is 2.29. The van der Waals surface area contributed by atoms with Gasteiger partial charge in [0.15, 0.2) is 0 Å². The fourth-order valence-electron chi connectivity index (χ4n) is 1.95. The number of nitrogens with zero attached hydrogens (tertiary/aromatic N) is 1. The second kappa shape index (κ2) is 4.38. The van der Waals surface area contributed by atoms with E-state index in [1.54, 1.807) is 4.90 Å². The summed E-state index contributed by atoms with van der Waals surface area (Å²) >= 11 is 0. The van der Waals surface area contributed by atoms with E-state index in [0.29, 0.717) is 19.5 Å². The first kappa shape index (κ1) is 10.7. The summed E-state index contributed by atoms with van der Waals surface area (Å²) in [4.78, 5) is 13.5. The van der Waals surface area contributed by atoms with Crippen molar-refractivity contribution in [2.45, 2.75) is 6.42 Å². The second-order valence-electron chi connectivity index (χ2n) is 4.00. The van der Waals surface area contributed by atoms with Crippen LogP contribution in [0.3, 0.4) is 0 Å². The van der Waals surface area contributed by atoms with Crippen LogP contribution in [0.2, 0.25) is 0 Å². The minimum atomic E-state index is 0.129. The summed E-state index contributed by atoms with van der Waals surface area (Å²) < 4.78 is 0. The molecule has 1 aromatic carbocycles. The maximum atomic E-state index is 11.8. The molecular formula is C13H14N2O. The number of nitrogens with two attached hydrogens (primary N) is 1. The topological polar surface area (TPSA) is 46.3 Å². The summed E-state index contributed by atoms with van der Waals surface area (Å²) in [7, 11) is 0. The zero-order chi connectivity index (χ0) is 11.5. The molecule has 1 amide bonds. The molecule has 0 bridgehead atoms. The summed E-state index contributed by atoms with van der Waals surface area (Å²) in [5.74, 6) is 2.96. The molecule has 16 heavy (non-hydrogen) atoms. The summed E-state index contributed by atoms with van der Waals surface area (Å²) in [5, 5.41) is 0. The molecule has 0 aliphatic carbocycles. The average Bonchev–Trinajstić information content (AvgIpc) is 2.71. The number of carbonyl (C=O) groups excluding carboxylic acids is 1. The summed E-state index contributed by atoms with van der Waals surface area (Å²) in [6.07, 6.45) is 5.87. The van der Waals surface area contributed by atoms with Crippen LogP contribution in [0.15, 0.2) is 24.3 Å². The largest absolute Gasteiger partial charge is 0.330 e. The predicted octanol–water partition coefficient (Wildman–Crippen LogP) is 0.980. The molecule has 2 N–H and O–H groups in total. The number of amides is 1. The lowest BCUT2D eigenvalue weighted by Gasteiger charge is -2.16. The van der Waals surface area contributed by atoms with Crippen LogP contribution in [-0.4, -0.2) is 19.0 Å². The van der Waals surface area contributed by atoms with Crippen molar-refractivity contribution in [2.24, 2.45) is 11.7 Å². The molecule has 1 aliphatic rings. The summed E-state index contributed by atoms with van der Waals surface area (Å²) in [6, 6.07) is 7.48. The van der Waals surface area contributed by atoms with E-state index >= 15 is 0 Å². The van der Waals surface area contributed by atoms with Crippen molar-refractivity contribution in [1.29, 1.82) is 0 Å². The van der Waals surface area contributed by atoms with E-state index in [1.165, 1.54) is 0 Å². The first-order chi connectivity index (χ1) is 7.74. The smallest absolute Gasteiger partial charge is 0.227 e. The monoisotopic (exact) mass is 214 g/mol. The van der Waals surface area contributed by atoms with Gasteiger partial charge in [-0.25, -0.2) is 0 Å². The van der Waals surface area contributed by atoms with Crippen molar-refractivity contribution in [3.05, 3.63) is 29.8 Å². The molecule has 1 heterocycles. The quantitative estimate of drug-likeness (QED) is 0.746. The van der Waals surface area contributed by atoms with Gasteiger partial charge in [0.25, 0.3) is 0 Å². The molecular weight excluding hydrogens is 200 g/mol. The highest BCUT2D eigenvalue weighted by molar-refractivity contribution is 5.95. The first-order valence-electron chi connectivity index (χ1n) is 5.31. The lowest BCUT2D eigenvalue weighted by atomic mass is 10.1. The molecule has 1 atom stereocenters. The van der Waals surface area contributed by atoms with Gasteiger partial charge in [0.2, 0.25) is 5.91 Å². The lowest BCUT2D eigenvalue weighted by Crippen LogP contribution is -2.25. The normalized spacial score (nSPS) is 19.9. The Morgan fingerprint density at radius 1 is 1.56 bits per heavy atom. The third-order valence-electron chi connectivity index (χ3n) is 2.86. The van der Waals surface area contributed by atoms with Crippen molar-refractivity contribution >= 4 is 11.6 Å². The Morgan fingerprint density at radius 2 is 2.38 bits per heavy atom. The van der Waals surface area contributed by atoms with E-state index in [4.69, 9.17) is 12.2 Å². The zero-order valence-corrected chi connectivity index (χ0v) is 9.02. The minimum Gasteiger partial charge on any atom is -0.330 e. The summed E-state index contributed by atoms with van der Waals surface area (Å²) in [5.41, 5.74) is 7.25. The molecule has 0 radical (unpaired) electrons. The van der Waals surface area contributed by atoms with E-state index in [9.17, 15) is 4.79 Å². The van der Waals surface area contributed by atoms with Crippen LogP contribution in [0, 0.1) is 18.3 Å². The molecule has 0 saturated carbocycles. The highest BCUT2D eigenvalue weighted by Crippen LogP contribution is 2.24. The van der Waals surface area contributed by atoms with Gasteiger partial charge >= 0.3 is 0 Å². The Labute approximate surface area is 95.2 Å². The van der Waals surface area contributed by atoms with Crippen molar-refractivity contribution in [3.63, 3.8) is 0 Å². The van der Waals surface area contributed by atoms with Gasteiger partial charge in [-0.15, -0.1) is 6.42 Å². The van der Waals surface area contributed by atoms with Crippen molar-refractivity contribution in [2.75, 3.05) is 18.0 Å². The number of anilines is 1. The van der Waals surface area contributed by atoms with Crippen molar-refractivity contribution in [3.8, 4) is 12.3 Å². The number of hydrogen-bond acceptors (Lipinski definition) is 2. The number of terminal acetylenes is 1. The maximum Gasteiger partial charge on any atom is 0.227 e. The maximum absolute atomic E-state index is 11.8. The van der Waals surface area contributed by atoms with Gasteiger partial charge in [-0.05, 0) is 30.7 Å². The molecule has 3 heteroatoms. The average molecular weight is 214 g/mol. The summed E-state index contributed by atoms with van der Waals surface area (Å²) in [6.45, 7) is 1.25. The number of benzene rings is 1. The molecule has 1 aliphatic heterocycles. The van der Waals surface area contributed by atoms with Crippen LogP contribution < -0.4 is 10.6 Å². The third kappa shape index (κ3) is 1.93. The molecule has 1 aromatic rings. The van der Waals surface area contributed by atoms with Crippen LogP contribution in [-0.2, 0) is 4.79 Å². The Morgan fingerprint density at radius 3 is 3.00 bits per heavy atom. The SMILES string of the molecule is C#Cc1cccc(N2CC(CN)CC2=O)c1. The van der Waals surface area contributed by atoms with E-state index in [0.717, 1.165) is 11.3 Å². The standard InChI is InChI=1S/C13H14N2O/c1-2-10-4-3-5-12(6-10)15-9-11(8-14)7-13(15)16/h1,3-6,11H,7-9,14H2. The molecule has 1 fully saturated rings. The number of carbonyl (C=O) groups is 1. The Balaban J connectivity index is 2.25. The van der Waals surface area contributed by atoms with E-state index < -0.39 is 0 Å². The Hall–Kier alpha value is -1.79. The Kier molecular flexibility index (Phi) is 2.93. The van der Waals surface area contributed by atoms with Gasteiger partial charge in [0, 0.05) is 24.2 Å². The zero-order valence-electron chi connectivity index (χ0n) is 9.02. The molecule has 0 aromatic heterocycles. The van der Waals surface area contributed by atoms with Crippen LogP contribution >= 0.6 is 0 Å². The van der Waals surface area contributed by atoms with Gasteiger partial charge < -0.3 is 10.6 Å². The lowest BCUT2D eigenvalue weighted by molar-refractivity contribution is -0.117. The van der Waals surface area contributed by atoms with Gasteiger partial charge in [-0.1, -0.05) is 12.0 Å². The van der Waals surface area contributed by atoms with Crippen LogP contribution in [0.25, 0.3) is 0 Å². The van der Waals surface area contributed by atoms with Crippen molar-refractivity contribution in [1.82, 2.24) is 0 Å². The first-order valence-corrected chi connectivity index (χ1v) is 5.31. The van der Waals surface area contributed by atoms with E-state index in [-0.39, 0.29) is 11.8 Å². The predicted molar refractivity (Wildman–Crippen MR) is 63.9 cm³/mol. The van der Waals surface area contributed by atoms with Crippen LogP contribution in [0.1, 0.15) is 12.0 Å². The van der Waals surface area contributed by atoms with E-state index in [1.807, 2.05) is 24.3 Å². The molecule has 0 spiro atoms. The molecule has 82 valence electrons. The third-order valence-corrected chi connectivity index (χ3v) is 2.86. The molecule has 1 saturated heterocycles. The number of rotatable bonds is 2. The molecule has 1 unspecified atom stereocenters. The highest BCUT2D eigenvalue weighted by atomic mass is 16.2. The number of hydrogen-bond donors (Lipinski definition) is 1. The van der Waals surface area contributed by atoms with Gasteiger partial charge in [-0.2, -0.15) is 0 Å².